The van der Waals surface area contributed by atoms with Crippen molar-refractivity contribution in [1.82, 2.24) is 9.62 Å². The van der Waals surface area contributed by atoms with E-state index in [0.29, 0.717) is 6.42 Å². The molecule has 6 nitrogen and oxygen atoms in total. The van der Waals surface area contributed by atoms with E-state index in [-0.39, 0.29) is 25.8 Å². The average Bonchev–Trinajstić information content (AvgIpc) is 2.74. The summed E-state index contributed by atoms with van der Waals surface area (Å²) in [4.78, 5) is 1.94. The monoisotopic (exact) mass is 396 g/mol. The van der Waals surface area contributed by atoms with Gasteiger partial charge in [-0.1, -0.05) is 13.8 Å². The van der Waals surface area contributed by atoms with Crippen LogP contribution >= 0.6 is 0 Å². The van der Waals surface area contributed by atoms with Crippen molar-refractivity contribution >= 4 is 10.0 Å². The molecule has 0 aromatic heterocycles. The SMILES string of the molecule is CC(C)OCC(C)(NS(C)(=O)=O)C(C)(C)CC(C)(C)N1CC(O)C(F)C1. The van der Waals surface area contributed by atoms with Crippen molar-refractivity contribution in [3.05, 3.63) is 0 Å². The number of sulfonamides is 1. The molecule has 156 valence electrons. The minimum atomic E-state index is -3.45. The van der Waals surface area contributed by atoms with Gasteiger partial charge in [-0.3, -0.25) is 4.90 Å². The van der Waals surface area contributed by atoms with Crippen molar-refractivity contribution < 1.29 is 22.7 Å². The maximum atomic E-state index is 13.8. The van der Waals surface area contributed by atoms with E-state index in [1.165, 1.54) is 0 Å². The lowest BCUT2D eigenvalue weighted by Crippen LogP contribution is -2.61. The zero-order valence-corrected chi connectivity index (χ0v) is 18.3. The first-order valence-electron chi connectivity index (χ1n) is 9.17. The van der Waals surface area contributed by atoms with Crippen LogP contribution in [0.25, 0.3) is 0 Å². The quantitative estimate of drug-likeness (QED) is 0.623. The van der Waals surface area contributed by atoms with Gasteiger partial charge in [0.25, 0.3) is 0 Å². The predicted octanol–water partition coefficient (Wildman–Crippen LogP) is 1.93. The Labute approximate surface area is 158 Å². The number of β-amino-alcohol motifs (C(OH)–C–C–N with tert-alkyl or cyclic N) is 1. The first-order valence-corrected chi connectivity index (χ1v) is 11.1. The molecular formula is C18H37FN2O4S. The number of hydrogen-bond donors (Lipinski definition) is 2. The Hall–Kier alpha value is -0.280. The second kappa shape index (κ2) is 7.99. The molecule has 1 aliphatic rings. The van der Waals surface area contributed by atoms with Gasteiger partial charge in [0.15, 0.2) is 0 Å². The summed E-state index contributed by atoms with van der Waals surface area (Å²) in [5, 5.41) is 9.76. The van der Waals surface area contributed by atoms with E-state index >= 15 is 0 Å². The number of nitrogens with zero attached hydrogens (tertiary/aromatic N) is 1. The van der Waals surface area contributed by atoms with Gasteiger partial charge in [0, 0.05) is 18.6 Å². The van der Waals surface area contributed by atoms with Crippen molar-refractivity contribution in [2.75, 3.05) is 26.0 Å². The molecule has 1 aliphatic heterocycles. The summed E-state index contributed by atoms with van der Waals surface area (Å²) in [7, 11) is -3.45. The molecule has 1 rings (SSSR count). The van der Waals surface area contributed by atoms with Crippen LogP contribution in [-0.4, -0.2) is 73.8 Å². The maximum absolute atomic E-state index is 13.8. The van der Waals surface area contributed by atoms with E-state index in [9.17, 15) is 17.9 Å². The van der Waals surface area contributed by atoms with Crippen molar-refractivity contribution in [2.24, 2.45) is 5.41 Å². The van der Waals surface area contributed by atoms with Crippen LogP contribution in [-0.2, 0) is 14.8 Å². The third-order valence-corrected chi connectivity index (χ3v) is 6.38. The molecule has 0 aromatic carbocycles. The van der Waals surface area contributed by atoms with Gasteiger partial charge < -0.3 is 9.84 Å². The van der Waals surface area contributed by atoms with Crippen molar-refractivity contribution in [3.63, 3.8) is 0 Å². The van der Waals surface area contributed by atoms with Crippen molar-refractivity contribution in [2.45, 2.75) is 84.3 Å². The van der Waals surface area contributed by atoms with Gasteiger partial charge in [0.05, 0.1) is 30.6 Å². The minimum Gasteiger partial charge on any atom is -0.389 e. The number of rotatable bonds is 9. The lowest BCUT2D eigenvalue weighted by molar-refractivity contribution is -0.0263. The van der Waals surface area contributed by atoms with Crippen LogP contribution in [0.15, 0.2) is 0 Å². The zero-order valence-electron chi connectivity index (χ0n) is 17.5. The first-order chi connectivity index (χ1) is 11.5. The number of hydrogen-bond acceptors (Lipinski definition) is 5. The van der Waals surface area contributed by atoms with Crippen LogP contribution in [0.5, 0.6) is 0 Å². The van der Waals surface area contributed by atoms with Crippen LogP contribution in [0.3, 0.4) is 0 Å². The number of aliphatic hydroxyl groups excluding tert-OH is 1. The maximum Gasteiger partial charge on any atom is 0.209 e. The third-order valence-electron chi connectivity index (χ3n) is 5.56. The predicted molar refractivity (Wildman–Crippen MR) is 102 cm³/mol. The van der Waals surface area contributed by atoms with E-state index in [1.54, 1.807) is 0 Å². The van der Waals surface area contributed by atoms with Crippen LogP contribution in [0.1, 0.15) is 54.9 Å². The van der Waals surface area contributed by atoms with E-state index in [2.05, 4.69) is 4.72 Å². The molecule has 3 unspecified atom stereocenters. The van der Waals surface area contributed by atoms with Crippen LogP contribution in [0.4, 0.5) is 4.39 Å². The molecule has 1 fully saturated rings. The standard InChI is InChI=1S/C18H37FN2O4S/c1-13(2)25-12-18(7,20-26(8,23)24)16(3,4)11-17(5,6)21-9-14(19)15(22)10-21/h13-15,20,22H,9-12H2,1-8H3. The number of halogens is 1. The summed E-state index contributed by atoms with van der Waals surface area (Å²) in [6.45, 7) is 14.4. The molecule has 0 saturated carbocycles. The highest BCUT2D eigenvalue weighted by Crippen LogP contribution is 2.42. The molecule has 26 heavy (non-hydrogen) atoms. The first kappa shape index (κ1) is 23.8. The summed E-state index contributed by atoms with van der Waals surface area (Å²) >= 11 is 0. The Bertz CT molecular complexity index is 570. The smallest absolute Gasteiger partial charge is 0.209 e. The minimum absolute atomic E-state index is 0.0273. The highest BCUT2D eigenvalue weighted by Gasteiger charge is 2.49. The van der Waals surface area contributed by atoms with E-state index < -0.39 is 38.8 Å². The van der Waals surface area contributed by atoms with Crippen LogP contribution in [0, 0.1) is 5.41 Å². The van der Waals surface area contributed by atoms with E-state index in [4.69, 9.17) is 4.74 Å². The summed E-state index contributed by atoms with van der Waals surface area (Å²) in [6, 6.07) is 0. The second-order valence-electron chi connectivity index (χ2n) is 9.43. The molecular weight excluding hydrogens is 359 g/mol. The van der Waals surface area contributed by atoms with Gasteiger partial charge in [-0.05, 0) is 46.5 Å². The summed E-state index contributed by atoms with van der Waals surface area (Å²) in [6.07, 6.45) is -0.503. The molecule has 0 aromatic rings. The normalized spacial score (nSPS) is 25.7. The van der Waals surface area contributed by atoms with Gasteiger partial charge in [-0.25, -0.2) is 17.5 Å². The molecule has 2 N–H and O–H groups in total. The van der Waals surface area contributed by atoms with Crippen LogP contribution < -0.4 is 4.72 Å². The fourth-order valence-corrected chi connectivity index (χ4v) is 4.89. The van der Waals surface area contributed by atoms with Gasteiger partial charge >= 0.3 is 0 Å². The van der Waals surface area contributed by atoms with Gasteiger partial charge in [0.1, 0.15) is 6.17 Å². The summed E-state index contributed by atoms with van der Waals surface area (Å²) in [5.41, 5.74) is -1.74. The number of likely N-dealkylation sites (tertiary alicyclic amines) is 1. The molecule has 0 radical (unpaired) electrons. The molecule has 0 aliphatic carbocycles. The Balaban J connectivity index is 3.06. The summed E-state index contributed by atoms with van der Waals surface area (Å²) in [5.74, 6) is 0. The topological polar surface area (TPSA) is 78.9 Å². The molecule has 3 atom stereocenters. The van der Waals surface area contributed by atoms with Gasteiger partial charge in [0.2, 0.25) is 10.0 Å². The number of ether oxygens (including phenoxy) is 1. The average molecular weight is 397 g/mol. The van der Waals surface area contributed by atoms with Crippen molar-refractivity contribution in [3.8, 4) is 0 Å². The Morgan fingerprint density at radius 1 is 1.23 bits per heavy atom. The van der Waals surface area contributed by atoms with Gasteiger partial charge in [-0.2, -0.15) is 0 Å². The van der Waals surface area contributed by atoms with E-state index in [1.807, 2.05) is 53.4 Å². The third kappa shape index (κ3) is 6.12. The zero-order chi connectivity index (χ0) is 20.6. The lowest BCUT2D eigenvalue weighted by atomic mass is 9.67. The molecule has 1 saturated heterocycles. The Kier molecular flexibility index (Phi) is 7.30. The Morgan fingerprint density at radius 2 is 1.77 bits per heavy atom. The summed E-state index contributed by atoms with van der Waals surface area (Å²) < 4.78 is 46.3. The number of nitrogens with one attached hydrogen (secondary N) is 1. The largest absolute Gasteiger partial charge is 0.389 e. The number of alkyl halides is 1. The second-order valence-corrected chi connectivity index (χ2v) is 11.2. The fraction of sp³-hybridized carbons (Fsp3) is 1.00. The molecule has 0 amide bonds. The Morgan fingerprint density at radius 3 is 2.15 bits per heavy atom. The molecule has 0 spiro atoms. The highest BCUT2D eigenvalue weighted by atomic mass is 32.2. The molecule has 8 heteroatoms. The van der Waals surface area contributed by atoms with Crippen molar-refractivity contribution in [1.29, 1.82) is 0 Å². The fourth-order valence-electron chi connectivity index (χ4n) is 3.74. The number of aliphatic hydroxyl groups is 1. The van der Waals surface area contributed by atoms with Gasteiger partial charge in [-0.15, -0.1) is 0 Å². The van der Waals surface area contributed by atoms with Crippen LogP contribution in [0.2, 0.25) is 0 Å². The highest BCUT2D eigenvalue weighted by molar-refractivity contribution is 7.88. The van der Waals surface area contributed by atoms with E-state index in [0.717, 1.165) is 6.26 Å². The molecule has 1 heterocycles. The lowest BCUT2D eigenvalue weighted by Gasteiger charge is -2.50. The molecule has 0 bridgehead atoms.